The summed E-state index contributed by atoms with van der Waals surface area (Å²) in [4.78, 5) is 17.0. The first-order valence-electron chi connectivity index (χ1n) is 9.03. The van der Waals surface area contributed by atoms with Gasteiger partial charge in [0.2, 0.25) is 5.91 Å². The number of anilines is 2. The highest BCUT2D eigenvalue weighted by Gasteiger charge is 2.30. The van der Waals surface area contributed by atoms with Crippen LogP contribution < -0.4 is 10.6 Å². The number of nitrogens with one attached hydrogen (secondary N) is 2. The van der Waals surface area contributed by atoms with Crippen LogP contribution in [0, 0.1) is 13.8 Å². The van der Waals surface area contributed by atoms with E-state index in [0.717, 1.165) is 23.4 Å². The molecule has 9 heteroatoms. The van der Waals surface area contributed by atoms with Gasteiger partial charge in [-0.05, 0) is 60.9 Å². The summed E-state index contributed by atoms with van der Waals surface area (Å²) in [6, 6.07) is 9.06. The lowest BCUT2D eigenvalue weighted by Crippen LogP contribution is -2.21. The van der Waals surface area contributed by atoms with Crippen LogP contribution in [0.2, 0.25) is 5.02 Å². The van der Waals surface area contributed by atoms with E-state index in [4.69, 9.17) is 11.6 Å². The highest BCUT2D eigenvalue weighted by Crippen LogP contribution is 2.33. The number of rotatable bonds is 6. The van der Waals surface area contributed by atoms with Crippen LogP contribution in [0.4, 0.5) is 24.0 Å². The van der Waals surface area contributed by atoms with Gasteiger partial charge in [0.1, 0.15) is 0 Å². The van der Waals surface area contributed by atoms with Crippen molar-refractivity contribution in [1.29, 1.82) is 0 Å². The van der Waals surface area contributed by atoms with Crippen molar-refractivity contribution in [3.05, 3.63) is 74.7 Å². The number of nitrogens with zero attached hydrogens (tertiary/aromatic N) is 1. The van der Waals surface area contributed by atoms with Gasteiger partial charge in [0.05, 0.1) is 12.1 Å². The summed E-state index contributed by atoms with van der Waals surface area (Å²) in [7, 11) is 0. The van der Waals surface area contributed by atoms with Crippen molar-refractivity contribution in [2.45, 2.75) is 26.4 Å². The predicted octanol–water partition coefficient (Wildman–Crippen LogP) is 6.07. The molecule has 0 saturated heterocycles. The minimum absolute atomic E-state index is 0.0663. The van der Waals surface area contributed by atoms with Crippen molar-refractivity contribution in [2.75, 3.05) is 17.2 Å². The van der Waals surface area contributed by atoms with Crippen LogP contribution in [0.25, 0.3) is 0 Å². The van der Waals surface area contributed by atoms with E-state index >= 15 is 0 Å². The van der Waals surface area contributed by atoms with Crippen LogP contribution in [0.5, 0.6) is 0 Å². The lowest BCUT2D eigenvalue weighted by molar-refractivity contribution is -0.137. The Morgan fingerprint density at radius 1 is 1.13 bits per heavy atom. The number of alkyl halides is 3. The fraction of sp³-hybridized carbons (Fsp3) is 0.238. The molecule has 0 aliphatic rings. The van der Waals surface area contributed by atoms with Gasteiger partial charge in [-0.1, -0.05) is 17.7 Å². The van der Waals surface area contributed by atoms with Crippen LogP contribution in [0.1, 0.15) is 27.1 Å². The Hall–Kier alpha value is -2.58. The van der Waals surface area contributed by atoms with Crippen LogP contribution >= 0.6 is 22.9 Å². The second-order valence-electron chi connectivity index (χ2n) is 6.81. The van der Waals surface area contributed by atoms with E-state index in [1.807, 2.05) is 32.0 Å². The smallest absolute Gasteiger partial charge is 0.376 e. The Morgan fingerprint density at radius 2 is 1.90 bits per heavy atom. The third-order valence-electron chi connectivity index (χ3n) is 4.50. The molecule has 0 aliphatic carbocycles. The Bertz CT molecular complexity index is 1070. The second-order valence-corrected chi connectivity index (χ2v) is 8.34. The van der Waals surface area contributed by atoms with Crippen LogP contribution in [0.3, 0.4) is 0 Å². The molecule has 1 aromatic heterocycles. The first kappa shape index (κ1) is 22.1. The van der Waals surface area contributed by atoms with E-state index in [1.54, 1.807) is 0 Å². The molecule has 4 nitrogen and oxygen atoms in total. The number of thiazole rings is 1. The molecule has 0 fully saturated rings. The number of hydrogen-bond acceptors (Lipinski definition) is 4. The SMILES string of the molecule is Cc1ccc(NCC(=O)Nc2ncc(Cc3cc(C(F)(F)F)ccc3Cl)s2)cc1C. The lowest BCUT2D eigenvalue weighted by Gasteiger charge is -2.09. The van der Waals surface area contributed by atoms with E-state index in [1.165, 1.54) is 29.2 Å². The summed E-state index contributed by atoms with van der Waals surface area (Å²) >= 11 is 7.24. The van der Waals surface area contributed by atoms with Gasteiger partial charge < -0.3 is 10.6 Å². The zero-order chi connectivity index (χ0) is 21.9. The molecule has 3 aromatic rings. The third kappa shape index (κ3) is 5.73. The zero-order valence-corrected chi connectivity index (χ0v) is 17.8. The first-order chi connectivity index (χ1) is 14.1. The molecular formula is C21H19ClF3N3OS. The maximum Gasteiger partial charge on any atom is 0.416 e. The maximum absolute atomic E-state index is 12.9. The summed E-state index contributed by atoms with van der Waals surface area (Å²) in [5, 5.41) is 6.36. The van der Waals surface area contributed by atoms with Gasteiger partial charge in [0.15, 0.2) is 5.13 Å². The Labute approximate surface area is 181 Å². The van der Waals surface area contributed by atoms with Gasteiger partial charge in [0, 0.05) is 28.2 Å². The number of halogens is 4. The minimum Gasteiger partial charge on any atom is -0.376 e. The molecule has 158 valence electrons. The number of aromatic nitrogens is 1. The number of aryl methyl sites for hydroxylation is 2. The Morgan fingerprint density at radius 3 is 2.60 bits per heavy atom. The number of carbonyl (C=O) groups excluding carboxylic acids is 1. The van der Waals surface area contributed by atoms with Crippen LogP contribution in [-0.4, -0.2) is 17.4 Å². The first-order valence-corrected chi connectivity index (χ1v) is 10.2. The fourth-order valence-electron chi connectivity index (χ4n) is 2.72. The van der Waals surface area contributed by atoms with Crippen LogP contribution in [-0.2, 0) is 17.4 Å². The van der Waals surface area contributed by atoms with Crippen molar-refractivity contribution in [2.24, 2.45) is 0 Å². The fourth-order valence-corrected chi connectivity index (χ4v) is 3.75. The highest BCUT2D eigenvalue weighted by atomic mass is 35.5. The van der Waals surface area contributed by atoms with E-state index in [2.05, 4.69) is 15.6 Å². The maximum atomic E-state index is 12.9. The van der Waals surface area contributed by atoms with E-state index < -0.39 is 11.7 Å². The van der Waals surface area contributed by atoms with Gasteiger partial charge in [-0.25, -0.2) is 4.98 Å². The average Bonchev–Trinajstić information content (AvgIpc) is 3.10. The molecule has 0 unspecified atom stereocenters. The van der Waals surface area contributed by atoms with Crippen LogP contribution in [0.15, 0.2) is 42.6 Å². The van der Waals surface area contributed by atoms with Gasteiger partial charge in [0.25, 0.3) is 0 Å². The number of amides is 1. The molecule has 0 aliphatic heterocycles. The summed E-state index contributed by atoms with van der Waals surface area (Å²) in [6.07, 6.45) is -2.72. The minimum atomic E-state index is -4.44. The highest BCUT2D eigenvalue weighted by molar-refractivity contribution is 7.15. The van der Waals surface area contributed by atoms with Crippen molar-refractivity contribution in [3.63, 3.8) is 0 Å². The molecule has 2 N–H and O–H groups in total. The lowest BCUT2D eigenvalue weighted by atomic mass is 10.1. The number of benzene rings is 2. The molecule has 0 saturated carbocycles. The van der Waals surface area contributed by atoms with Gasteiger partial charge in [-0.3, -0.25) is 4.79 Å². The zero-order valence-electron chi connectivity index (χ0n) is 16.2. The molecule has 1 heterocycles. The third-order valence-corrected chi connectivity index (χ3v) is 5.78. The molecule has 1 amide bonds. The van der Waals surface area contributed by atoms with Crippen molar-refractivity contribution >= 4 is 39.7 Å². The summed E-state index contributed by atoms with van der Waals surface area (Å²) < 4.78 is 38.7. The van der Waals surface area contributed by atoms with E-state index in [-0.39, 0.29) is 23.9 Å². The topological polar surface area (TPSA) is 54.0 Å². The van der Waals surface area contributed by atoms with Crippen molar-refractivity contribution in [3.8, 4) is 0 Å². The van der Waals surface area contributed by atoms with E-state index in [0.29, 0.717) is 15.6 Å². The summed E-state index contributed by atoms with van der Waals surface area (Å²) in [5.41, 5.74) is 2.73. The van der Waals surface area contributed by atoms with Gasteiger partial charge in [-0.2, -0.15) is 13.2 Å². The normalized spacial score (nSPS) is 11.4. The number of hydrogen-bond donors (Lipinski definition) is 2. The second kappa shape index (κ2) is 9.06. The monoisotopic (exact) mass is 453 g/mol. The van der Waals surface area contributed by atoms with Crippen molar-refractivity contribution < 1.29 is 18.0 Å². The quantitative estimate of drug-likeness (QED) is 0.476. The molecule has 3 rings (SSSR count). The van der Waals surface area contributed by atoms with Gasteiger partial charge >= 0.3 is 6.18 Å². The molecular weight excluding hydrogens is 435 g/mol. The molecule has 0 atom stereocenters. The molecule has 30 heavy (non-hydrogen) atoms. The number of carbonyl (C=O) groups is 1. The molecule has 0 spiro atoms. The Balaban J connectivity index is 1.60. The molecule has 0 bridgehead atoms. The standard InChI is InChI=1S/C21H19ClF3N3OS/c1-12-3-5-16(7-13(12)2)26-11-19(29)28-20-27-10-17(30-20)9-14-8-15(21(23,24)25)4-6-18(14)22/h3-8,10,26H,9,11H2,1-2H3,(H,27,28,29). The summed E-state index contributed by atoms with van der Waals surface area (Å²) in [5.74, 6) is -0.272. The molecule has 0 radical (unpaired) electrons. The largest absolute Gasteiger partial charge is 0.416 e. The van der Waals surface area contributed by atoms with Gasteiger partial charge in [-0.15, -0.1) is 11.3 Å². The predicted molar refractivity (Wildman–Crippen MR) is 114 cm³/mol. The van der Waals surface area contributed by atoms with Crippen molar-refractivity contribution in [1.82, 2.24) is 4.98 Å². The summed E-state index contributed by atoms with van der Waals surface area (Å²) in [6.45, 7) is 4.07. The average molecular weight is 454 g/mol. The Kier molecular flexibility index (Phi) is 6.67. The van der Waals surface area contributed by atoms with E-state index in [9.17, 15) is 18.0 Å². The molecule has 2 aromatic carbocycles.